The third-order valence-corrected chi connectivity index (χ3v) is 5.97. The lowest BCUT2D eigenvalue weighted by Gasteiger charge is -2.21. The maximum atomic E-state index is 12.0. The number of nitrogens with zero attached hydrogens (tertiary/aromatic N) is 1. The highest BCUT2D eigenvalue weighted by Crippen LogP contribution is 2.16. The van der Waals surface area contributed by atoms with Crippen LogP contribution in [0.5, 0.6) is 0 Å². The molecule has 1 amide bonds. The minimum absolute atomic E-state index is 0.126. The summed E-state index contributed by atoms with van der Waals surface area (Å²) in [5.74, 6) is -0.126. The van der Waals surface area contributed by atoms with Crippen molar-refractivity contribution in [2.24, 2.45) is 0 Å². The zero-order valence-electron chi connectivity index (χ0n) is 12.4. The van der Waals surface area contributed by atoms with E-state index < -0.39 is 10.0 Å². The van der Waals surface area contributed by atoms with Crippen molar-refractivity contribution in [3.05, 3.63) is 47.3 Å². The Bertz CT molecular complexity index is 723. The fourth-order valence-electron chi connectivity index (χ4n) is 1.97. The molecule has 0 aliphatic carbocycles. The monoisotopic (exact) mass is 338 g/mol. The summed E-state index contributed by atoms with van der Waals surface area (Å²) in [7, 11) is -3.50. The van der Waals surface area contributed by atoms with Crippen molar-refractivity contribution in [2.45, 2.75) is 18.1 Å². The van der Waals surface area contributed by atoms with Gasteiger partial charge in [0.05, 0.1) is 0 Å². The SMILES string of the molecule is CC(=O)N(CCNS(=O)(=O)c1cccs1)c1ccc(C)cc1. The Labute approximate surface area is 134 Å². The number of thiophene rings is 1. The maximum Gasteiger partial charge on any atom is 0.250 e. The number of rotatable bonds is 6. The molecule has 0 unspecified atom stereocenters. The van der Waals surface area contributed by atoms with Gasteiger partial charge < -0.3 is 4.90 Å². The highest BCUT2D eigenvalue weighted by molar-refractivity contribution is 7.91. The van der Waals surface area contributed by atoms with Crippen LogP contribution in [-0.4, -0.2) is 27.4 Å². The number of aryl methyl sites for hydroxylation is 1. The summed E-state index contributed by atoms with van der Waals surface area (Å²) in [6.45, 7) is 3.88. The van der Waals surface area contributed by atoms with Crippen molar-refractivity contribution in [1.82, 2.24) is 4.72 Å². The van der Waals surface area contributed by atoms with Crippen LogP contribution < -0.4 is 9.62 Å². The number of carbonyl (C=O) groups is 1. The molecule has 0 saturated carbocycles. The molecule has 0 atom stereocenters. The van der Waals surface area contributed by atoms with Crippen LogP contribution in [0.25, 0.3) is 0 Å². The average Bonchev–Trinajstić information content (AvgIpc) is 2.99. The van der Waals surface area contributed by atoms with E-state index in [1.807, 2.05) is 31.2 Å². The number of hydrogen-bond acceptors (Lipinski definition) is 4. The molecule has 0 fully saturated rings. The lowest BCUT2D eigenvalue weighted by atomic mass is 10.2. The summed E-state index contributed by atoms with van der Waals surface area (Å²) < 4.78 is 26.8. The first-order valence-corrected chi connectivity index (χ1v) is 9.14. The molecule has 7 heteroatoms. The number of carbonyl (C=O) groups excluding carboxylic acids is 1. The van der Waals surface area contributed by atoms with Gasteiger partial charge in [-0.1, -0.05) is 23.8 Å². The predicted molar refractivity (Wildman–Crippen MR) is 88.7 cm³/mol. The maximum absolute atomic E-state index is 12.0. The van der Waals surface area contributed by atoms with Gasteiger partial charge in [0.2, 0.25) is 15.9 Å². The summed E-state index contributed by atoms with van der Waals surface area (Å²) in [6.07, 6.45) is 0. The number of sulfonamides is 1. The number of hydrogen-bond donors (Lipinski definition) is 1. The van der Waals surface area contributed by atoms with Gasteiger partial charge in [-0.25, -0.2) is 13.1 Å². The zero-order chi connectivity index (χ0) is 16.2. The van der Waals surface area contributed by atoms with Crippen LogP contribution in [0.2, 0.25) is 0 Å². The Morgan fingerprint density at radius 3 is 2.45 bits per heavy atom. The molecular weight excluding hydrogens is 320 g/mol. The van der Waals surface area contributed by atoms with E-state index >= 15 is 0 Å². The zero-order valence-corrected chi connectivity index (χ0v) is 14.1. The minimum Gasteiger partial charge on any atom is -0.311 e. The Morgan fingerprint density at radius 2 is 1.91 bits per heavy atom. The van der Waals surface area contributed by atoms with E-state index in [0.29, 0.717) is 0 Å². The molecule has 1 aromatic heterocycles. The fourth-order valence-corrected chi connectivity index (χ4v) is 4.03. The predicted octanol–water partition coefficient (Wildman–Crippen LogP) is 2.39. The van der Waals surface area contributed by atoms with Gasteiger partial charge in [0.25, 0.3) is 0 Å². The third kappa shape index (κ3) is 4.16. The standard InChI is InChI=1S/C15H18N2O3S2/c1-12-5-7-14(8-6-12)17(13(2)18)10-9-16-22(19,20)15-4-3-11-21-15/h3-8,11,16H,9-10H2,1-2H3. The summed E-state index contributed by atoms with van der Waals surface area (Å²) in [4.78, 5) is 13.3. The number of anilines is 1. The van der Waals surface area contributed by atoms with E-state index in [-0.39, 0.29) is 23.2 Å². The molecular formula is C15H18N2O3S2. The Balaban J connectivity index is 2.01. The van der Waals surface area contributed by atoms with Gasteiger partial charge in [-0.3, -0.25) is 4.79 Å². The molecule has 0 aliphatic heterocycles. The van der Waals surface area contributed by atoms with Gasteiger partial charge >= 0.3 is 0 Å². The van der Waals surface area contributed by atoms with Gasteiger partial charge in [-0.05, 0) is 30.5 Å². The van der Waals surface area contributed by atoms with Gasteiger partial charge in [0, 0.05) is 25.7 Å². The molecule has 118 valence electrons. The second-order valence-electron chi connectivity index (χ2n) is 4.84. The second-order valence-corrected chi connectivity index (χ2v) is 7.78. The molecule has 0 saturated heterocycles. The second kappa shape index (κ2) is 7.04. The summed E-state index contributed by atoms with van der Waals surface area (Å²) in [6, 6.07) is 10.8. The molecule has 1 heterocycles. The van der Waals surface area contributed by atoms with Crippen LogP contribution in [0.1, 0.15) is 12.5 Å². The van der Waals surface area contributed by atoms with Crippen LogP contribution >= 0.6 is 11.3 Å². The van der Waals surface area contributed by atoms with Crippen molar-refractivity contribution in [2.75, 3.05) is 18.0 Å². The van der Waals surface area contributed by atoms with E-state index in [4.69, 9.17) is 0 Å². The fraction of sp³-hybridized carbons (Fsp3) is 0.267. The van der Waals surface area contributed by atoms with E-state index in [1.165, 1.54) is 6.92 Å². The first kappa shape index (κ1) is 16.7. The molecule has 22 heavy (non-hydrogen) atoms. The molecule has 0 radical (unpaired) electrons. The van der Waals surface area contributed by atoms with E-state index in [1.54, 1.807) is 22.4 Å². The Kier molecular flexibility index (Phi) is 5.33. The van der Waals surface area contributed by atoms with Crippen molar-refractivity contribution in [1.29, 1.82) is 0 Å². The molecule has 2 rings (SSSR count). The summed E-state index contributed by atoms with van der Waals surface area (Å²) >= 11 is 1.16. The van der Waals surface area contributed by atoms with Crippen molar-refractivity contribution >= 4 is 33.0 Å². The van der Waals surface area contributed by atoms with Crippen LogP contribution in [0.4, 0.5) is 5.69 Å². The van der Waals surface area contributed by atoms with E-state index in [9.17, 15) is 13.2 Å². The highest BCUT2D eigenvalue weighted by Gasteiger charge is 2.16. The van der Waals surface area contributed by atoms with Gasteiger partial charge in [0.15, 0.2) is 0 Å². The number of benzene rings is 1. The normalized spacial score (nSPS) is 11.4. The van der Waals surface area contributed by atoms with Crippen LogP contribution in [0.15, 0.2) is 46.0 Å². The van der Waals surface area contributed by atoms with E-state index in [0.717, 1.165) is 22.6 Å². The van der Waals surface area contributed by atoms with Gasteiger partial charge in [-0.15, -0.1) is 11.3 Å². The Morgan fingerprint density at radius 1 is 1.23 bits per heavy atom. The quantitative estimate of drug-likeness (QED) is 0.879. The molecule has 2 aromatic rings. The summed E-state index contributed by atoms with van der Waals surface area (Å²) in [5, 5.41) is 1.71. The molecule has 5 nitrogen and oxygen atoms in total. The molecule has 0 bridgehead atoms. The Hall–Kier alpha value is -1.70. The van der Waals surface area contributed by atoms with Crippen molar-refractivity contribution < 1.29 is 13.2 Å². The topological polar surface area (TPSA) is 66.5 Å². The minimum atomic E-state index is -3.50. The first-order chi connectivity index (χ1) is 10.4. The van der Waals surface area contributed by atoms with Crippen molar-refractivity contribution in [3.8, 4) is 0 Å². The molecule has 0 spiro atoms. The van der Waals surface area contributed by atoms with Crippen LogP contribution in [0, 0.1) is 6.92 Å². The summed E-state index contributed by atoms with van der Waals surface area (Å²) in [5.41, 5.74) is 1.86. The van der Waals surface area contributed by atoms with Gasteiger partial charge in [0.1, 0.15) is 4.21 Å². The molecule has 1 N–H and O–H groups in total. The van der Waals surface area contributed by atoms with E-state index in [2.05, 4.69) is 4.72 Å². The number of amides is 1. The highest BCUT2D eigenvalue weighted by atomic mass is 32.2. The first-order valence-electron chi connectivity index (χ1n) is 6.78. The van der Waals surface area contributed by atoms with Crippen LogP contribution in [0.3, 0.4) is 0 Å². The number of nitrogens with one attached hydrogen (secondary N) is 1. The lowest BCUT2D eigenvalue weighted by Crippen LogP contribution is -2.37. The van der Waals surface area contributed by atoms with Crippen LogP contribution in [-0.2, 0) is 14.8 Å². The van der Waals surface area contributed by atoms with Crippen molar-refractivity contribution in [3.63, 3.8) is 0 Å². The molecule has 1 aromatic carbocycles. The lowest BCUT2D eigenvalue weighted by molar-refractivity contribution is -0.116. The smallest absolute Gasteiger partial charge is 0.250 e. The molecule has 0 aliphatic rings. The van der Waals surface area contributed by atoms with Gasteiger partial charge in [-0.2, -0.15) is 0 Å². The largest absolute Gasteiger partial charge is 0.311 e. The third-order valence-electron chi connectivity index (χ3n) is 3.11. The average molecular weight is 338 g/mol.